The second-order valence-corrected chi connectivity index (χ2v) is 6.58. The van der Waals surface area contributed by atoms with Gasteiger partial charge in [-0.05, 0) is 32.1 Å². The maximum Gasteiger partial charge on any atom is 0.332 e. The molecule has 0 saturated heterocycles. The van der Waals surface area contributed by atoms with Crippen LogP contribution in [-0.4, -0.2) is 52.2 Å². The van der Waals surface area contributed by atoms with E-state index < -0.39 is 4.92 Å². The van der Waals surface area contributed by atoms with Crippen LogP contribution in [0.2, 0.25) is 0 Å². The first-order valence-electron chi connectivity index (χ1n) is 8.97. The van der Waals surface area contributed by atoms with Crippen molar-refractivity contribution < 1.29 is 4.92 Å². The first-order valence-corrected chi connectivity index (χ1v) is 8.97. The highest BCUT2D eigenvalue weighted by Gasteiger charge is 2.06. The lowest BCUT2D eigenvalue weighted by Crippen LogP contribution is -2.38. The molecule has 0 amide bonds. The van der Waals surface area contributed by atoms with Gasteiger partial charge in [0.2, 0.25) is 0 Å². The summed E-state index contributed by atoms with van der Waals surface area (Å²) in [4.78, 5) is 36.0. The molecule has 2 rings (SSSR count). The lowest BCUT2D eigenvalue weighted by Gasteiger charge is -2.18. The molecule has 1 aromatic carbocycles. The van der Waals surface area contributed by atoms with Gasteiger partial charge in [-0.1, -0.05) is 0 Å². The number of hydrogen-bond acceptors (Lipinski definition) is 7. The van der Waals surface area contributed by atoms with Crippen molar-refractivity contribution in [2.24, 2.45) is 14.1 Å². The van der Waals surface area contributed by atoms with Gasteiger partial charge in [0.1, 0.15) is 5.82 Å². The van der Waals surface area contributed by atoms with Gasteiger partial charge in [0.15, 0.2) is 0 Å². The van der Waals surface area contributed by atoms with Gasteiger partial charge in [-0.2, -0.15) is 0 Å². The minimum Gasteiger partial charge on any atom is -0.385 e. The third-order valence-corrected chi connectivity index (χ3v) is 4.45. The molecule has 0 bridgehead atoms. The molecule has 1 aromatic heterocycles. The van der Waals surface area contributed by atoms with Crippen LogP contribution in [0.25, 0.3) is 0 Å². The number of anilines is 2. The summed E-state index contributed by atoms with van der Waals surface area (Å²) >= 11 is 0. The molecular formula is C18H26N6O4. The summed E-state index contributed by atoms with van der Waals surface area (Å²) in [5, 5.41) is 17.0. The van der Waals surface area contributed by atoms with Crippen molar-refractivity contribution in [1.82, 2.24) is 14.0 Å². The second-order valence-electron chi connectivity index (χ2n) is 6.58. The van der Waals surface area contributed by atoms with Gasteiger partial charge in [0, 0.05) is 57.6 Å². The van der Waals surface area contributed by atoms with E-state index in [4.69, 9.17) is 0 Å². The Morgan fingerprint density at radius 1 is 1.04 bits per heavy atom. The Morgan fingerprint density at radius 3 is 2.36 bits per heavy atom. The van der Waals surface area contributed by atoms with Crippen LogP contribution in [0, 0.1) is 10.1 Å². The number of non-ortho nitro benzene ring substituents is 1. The minimum absolute atomic E-state index is 0.0755. The van der Waals surface area contributed by atoms with Gasteiger partial charge in [-0.3, -0.25) is 24.0 Å². The summed E-state index contributed by atoms with van der Waals surface area (Å²) in [5.74, 6) is 0.501. The number of likely N-dealkylation sites (N-methyl/N-ethyl adjacent to an activating group) is 1. The predicted molar refractivity (Wildman–Crippen MR) is 109 cm³/mol. The Morgan fingerprint density at radius 2 is 1.71 bits per heavy atom. The molecule has 0 saturated carbocycles. The largest absolute Gasteiger partial charge is 0.385 e. The first kappa shape index (κ1) is 21.2. The summed E-state index contributed by atoms with van der Waals surface area (Å²) in [6, 6.07) is 7.75. The molecule has 0 unspecified atom stereocenters. The Balaban J connectivity index is 1.69. The van der Waals surface area contributed by atoms with E-state index in [9.17, 15) is 19.7 Å². The number of aromatic nitrogens is 2. The molecule has 0 atom stereocenters. The van der Waals surface area contributed by atoms with Gasteiger partial charge in [0.05, 0.1) is 4.92 Å². The van der Waals surface area contributed by atoms with Crippen LogP contribution in [0.1, 0.15) is 6.42 Å². The van der Waals surface area contributed by atoms with Crippen LogP contribution in [0.15, 0.2) is 39.9 Å². The van der Waals surface area contributed by atoms with E-state index in [1.54, 1.807) is 19.2 Å². The molecule has 10 heteroatoms. The number of nitro groups is 1. The van der Waals surface area contributed by atoms with E-state index >= 15 is 0 Å². The maximum absolute atomic E-state index is 11.9. The summed E-state index contributed by atoms with van der Waals surface area (Å²) in [6.45, 7) is 2.96. The van der Waals surface area contributed by atoms with Gasteiger partial charge in [-0.15, -0.1) is 0 Å². The monoisotopic (exact) mass is 390 g/mol. The Kier molecular flexibility index (Phi) is 7.33. The molecule has 0 radical (unpaired) electrons. The van der Waals surface area contributed by atoms with Crippen LogP contribution < -0.4 is 21.9 Å². The molecule has 0 fully saturated rings. The van der Waals surface area contributed by atoms with Crippen molar-refractivity contribution in [2.75, 3.05) is 43.9 Å². The van der Waals surface area contributed by atoms with Crippen LogP contribution in [0.3, 0.4) is 0 Å². The standard InChI is InChI=1S/C18H26N6O4/c1-21(11-4-9-19-14-5-7-15(8-6-14)24(27)28)12-10-20-16-13-17(25)23(3)18(26)22(16)2/h5-8,13,19-20H,4,9-12H2,1-3H3. The Hall–Kier alpha value is -3.14. The van der Waals surface area contributed by atoms with E-state index in [0.717, 1.165) is 36.3 Å². The molecule has 0 spiro atoms. The van der Waals surface area contributed by atoms with Crippen molar-refractivity contribution in [3.8, 4) is 0 Å². The minimum atomic E-state index is -0.419. The second kappa shape index (κ2) is 9.70. The van der Waals surface area contributed by atoms with Gasteiger partial charge >= 0.3 is 5.69 Å². The highest BCUT2D eigenvalue weighted by molar-refractivity contribution is 5.48. The summed E-state index contributed by atoms with van der Waals surface area (Å²) < 4.78 is 2.48. The third kappa shape index (κ3) is 5.68. The smallest absolute Gasteiger partial charge is 0.332 e. The molecule has 0 aliphatic carbocycles. The van der Waals surface area contributed by atoms with Crippen molar-refractivity contribution in [2.45, 2.75) is 6.42 Å². The molecule has 28 heavy (non-hydrogen) atoms. The number of benzene rings is 1. The molecule has 10 nitrogen and oxygen atoms in total. The quantitative estimate of drug-likeness (QED) is 0.351. The van der Waals surface area contributed by atoms with E-state index in [0.29, 0.717) is 12.4 Å². The van der Waals surface area contributed by atoms with Crippen LogP contribution in [0.5, 0.6) is 0 Å². The van der Waals surface area contributed by atoms with Gasteiger partial charge in [0.25, 0.3) is 11.2 Å². The topological polar surface area (TPSA) is 114 Å². The number of rotatable bonds is 10. The van der Waals surface area contributed by atoms with Crippen molar-refractivity contribution >= 4 is 17.2 Å². The Bertz CT molecular complexity index is 919. The fourth-order valence-electron chi connectivity index (χ4n) is 2.67. The number of nitro benzene ring substituents is 1. The lowest BCUT2D eigenvalue weighted by atomic mass is 10.3. The summed E-state index contributed by atoms with van der Waals surface area (Å²) in [7, 11) is 5.07. The van der Waals surface area contributed by atoms with E-state index in [1.165, 1.54) is 29.8 Å². The molecule has 2 N–H and O–H groups in total. The number of nitrogens with zero attached hydrogens (tertiary/aromatic N) is 4. The van der Waals surface area contributed by atoms with E-state index in [-0.39, 0.29) is 16.9 Å². The fraction of sp³-hybridized carbons (Fsp3) is 0.444. The van der Waals surface area contributed by atoms with Crippen molar-refractivity contribution in [1.29, 1.82) is 0 Å². The summed E-state index contributed by atoms with van der Waals surface area (Å²) in [6.07, 6.45) is 0.901. The van der Waals surface area contributed by atoms with E-state index in [1.807, 2.05) is 7.05 Å². The van der Waals surface area contributed by atoms with Crippen LogP contribution in [0.4, 0.5) is 17.2 Å². The van der Waals surface area contributed by atoms with E-state index in [2.05, 4.69) is 15.5 Å². The molecule has 0 aliphatic heterocycles. The predicted octanol–water partition coefficient (Wildman–Crippen LogP) is 0.838. The number of hydrogen-bond donors (Lipinski definition) is 2. The Labute approximate surface area is 162 Å². The van der Waals surface area contributed by atoms with Crippen LogP contribution in [-0.2, 0) is 14.1 Å². The lowest BCUT2D eigenvalue weighted by molar-refractivity contribution is -0.384. The van der Waals surface area contributed by atoms with Crippen molar-refractivity contribution in [3.05, 3.63) is 61.3 Å². The molecule has 152 valence electrons. The molecule has 0 aliphatic rings. The third-order valence-electron chi connectivity index (χ3n) is 4.45. The van der Waals surface area contributed by atoms with Crippen molar-refractivity contribution in [3.63, 3.8) is 0 Å². The highest BCUT2D eigenvalue weighted by Crippen LogP contribution is 2.15. The highest BCUT2D eigenvalue weighted by atomic mass is 16.6. The molecule has 2 aromatic rings. The van der Waals surface area contributed by atoms with Crippen LogP contribution >= 0.6 is 0 Å². The average molecular weight is 390 g/mol. The molecule has 1 heterocycles. The van der Waals surface area contributed by atoms with Gasteiger partial charge in [-0.25, -0.2) is 4.79 Å². The van der Waals surface area contributed by atoms with Gasteiger partial charge < -0.3 is 15.5 Å². The normalized spacial score (nSPS) is 10.9. The average Bonchev–Trinajstić information content (AvgIpc) is 2.68. The fourth-order valence-corrected chi connectivity index (χ4v) is 2.67. The SMILES string of the molecule is CN(CCCNc1ccc([N+](=O)[O-])cc1)CCNc1cc(=O)n(C)c(=O)n1C. The maximum atomic E-state index is 11.9. The summed E-state index contributed by atoms with van der Waals surface area (Å²) in [5.41, 5.74) is 0.227. The number of nitrogens with one attached hydrogen (secondary N) is 2. The zero-order valence-corrected chi connectivity index (χ0v) is 16.3. The zero-order valence-electron chi connectivity index (χ0n) is 16.3. The first-order chi connectivity index (χ1) is 13.3. The zero-order chi connectivity index (χ0) is 20.7. The molecular weight excluding hydrogens is 364 g/mol.